The van der Waals surface area contributed by atoms with E-state index < -0.39 is 15.1 Å². The second-order valence-electron chi connectivity index (χ2n) is 11.5. The second-order valence-corrected chi connectivity index (χ2v) is 16.8. The van der Waals surface area contributed by atoms with Gasteiger partial charge in [-0.2, -0.15) is 60.2 Å². The zero-order valence-corrected chi connectivity index (χ0v) is 37.0. The lowest BCUT2D eigenvalue weighted by Gasteiger charge is -2.07. The zero-order valence-electron chi connectivity index (χ0n) is 32.9. The van der Waals surface area contributed by atoms with Crippen molar-refractivity contribution in [2.45, 2.75) is 37.1 Å². The Bertz CT molecular complexity index is 1920. The monoisotopic (exact) mass is 903 g/mol. The maximum absolute atomic E-state index is 10.6. The lowest BCUT2D eigenvalue weighted by atomic mass is 10.4. The van der Waals surface area contributed by atoms with Crippen molar-refractivity contribution in [3.05, 3.63) is 86.1 Å². The zero-order chi connectivity index (χ0) is 43.3. The number of imidazole rings is 1. The topological polar surface area (TPSA) is 329 Å². The number of aliphatic imine (C=N–C) groups is 2. The number of amidine groups is 1. The average molecular weight is 904 g/mol. The van der Waals surface area contributed by atoms with Crippen LogP contribution in [0.5, 0.6) is 0 Å². The predicted molar refractivity (Wildman–Crippen MR) is 238 cm³/mol. The fourth-order valence-corrected chi connectivity index (χ4v) is 7.59. The number of H-pyrrole nitrogens is 1. The van der Waals surface area contributed by atoms with Gasteiger partial charge < -0.3 is 47.5 Å². The highest BCUT2D eigenvalue weighted by Crippen LogP contribution is 2.22. The fraction of sp³-hybridized carbons (Fsp3) is 0.484. The van der Waals surface area contributed by atoms with E-state index in [-0.39, 0.29) is 11.8 Å². The summed E-state index contributed by atoms with van der Waals surface area (Å²) in [5.74, 6) is 7.47. The number of nitrogens with one attached hydrogen (secondary N) is 5. The van der Waals surface area contributed by atoms with E-state index in [2.05, 4.69) is 60.6 Å². The molecule has 0 spiro atoms. The van der Waals surface area contributed by atoms with Crippen LogP contribution in [0.4, 0.5) is 5.13 Å². The number of rotatable bonds is 22. The van der Waals surface area contributed by atoms with Crippen LogP contribution >= 0.6 is 46.6 Å². The summed E-state index contributed by atoms with van der Waals surface area (Å²) in [6.07, 6.45) is 2.96. The van der Waals surface area contributed by atoms with Crippen LogP contribution < -0.4 is 43.7 Å². The fourth-order valence-electron chi connectivity index (χ4n) is 3.88. The van der Waals surface area contributed by atoms with Crippen molar-refractivity contribution >= 4 is 79.7 Å². The van der Waals surface area contributed by atoms with E-state index in [1.807, 2.05) is 38.5 Å². The van der Waals surface area contributed by atoms with Crippen LogP contribution in [0, 0.1) is 23.6 Å². The minimum atomic E-state index is -3.92. The molecule has 0 atom stereocenters. The minimum Gasteiger partial charge on any atom is -0.464 e. The van der Waals surface area contributed by atoms with Crippen molar-refractivity contribution in [3.8, 4) is 0 Å². The van der Waals surface area contributed by atoms with Crippen LogP contribution in [0.3, 0.4) is 0 Å². The van der Waals surface area contributed by atoms with E-state index in [4.69, 9.17) is 33.3 Å². The number of hydrogen-bond donors (Lipinski definition) is 9. The van der Waals surface area contributed by atoms with Gasteiger partial charge in [0.25, 0.3) is 12.2 Å². The third-order valence-corrected chi connectivity index (χ3v) is 10.6. The van der Waals surface area contributed by atoms with E-state index in [1.165, 1.54) is 23.1 Å². The molecule has 3 aromatic rings. The molecule has 0 fully saturated rings. The summed E-state index contributed by atoms with van der Waals surface area (Å²) in [5, 5.41) is 26.2. The van der Waals surface area contributed by atoms with Crippen LogP contribution in [0.1, 0.15) is 35.0 Å². The molecule has 0 amide bonds. The maximum Gasteiger partial charge on any atom is 0.318 e. The number of thioether (sulfide) groups is 3. The van der Waals surface area contributed by atoms with E-state index in [9.17, 15) is 18.5 Å². The molecule has 22 nitrogen and oxygen atoms in total. The van der Waals surface area contributed by atoms with E-state index >= 15 is 0 Å². The van der Waals surface area contributed by atoms with Gasteiger partial charge in [0.05, 0.1) is 34.9 Å². The summed E-state index contributed by atoms with van der Waals surface area (Å²) in [4.78, 5) is 34.2. The first-order valence-electron chi connectivity index (χ1n) is 17.0. The highest BCUT2D eigenvalue weighted by molar-refractivity contribution is 7.99. The Kier molecular flexibility index (Phi) is 26.1. The van der Waals surface area contributed by atoms with Crippen molar-refractivity contribution in [2.75, 3.05) is 58.5 Å². The quantitative estimate of drug-likeness (QED) is 0.0173. The molecular weight excluding hydrogens is 851 g/mol. The summed E-state index contributed by atoms with van der Waals surface area (Å²) in [6, 6.07) is 3.98. The molecular formula is C31H53N17O5S5. The lowest BCUT2D eigenvalue weighted by molar-refractivity contribution is -0.404. The molecule has 27 heteroatoms. The molecule has 0 aliphatic rings. The van der Waals surface area contributed by atoms with E-state index in [0.29, 0.717) is 41.4 Å². The molecule has 13 N–H and O–H groups in total. The molecule has 322 valence electrons. The van der Waals surface area contributed by atoms with E-state index in [1.54, 1.807) is 43.9 Å². The highest BCUT2D eigenvalue weighted by Gasteiger charge is 2.06. The molecule has 0 unspecified atom stereocenters. The summed E-state index contributed by atoms with van der Waals surface area (Å²) in [7, 11) is 3.37. The Labute approximate surface area is 355 Å². The Hall–Kier alpha value is -4.72. The van der Waals surface area contributed by atoms with Crippen LogP contribution in [0.15, 0.2) is 54.7 Å². The van der Waals surface area contributed by atoms with Gasteiger partial charge in [-0.25, -0.2) is 15.1 Å². The predicted octanol–water partition coefficient (Wildman–Crippen LogP) is 1.64. The van der Waals surface area contributed by atoms with Crippen LogP contribution in [0.25, 0.3) is 4.95 Å². The number of aryl methyl sites for hydroxylation is 1. The van der Waals surface area contributed by atoms with Gasteiger partial charge in [-0.3, -0.25) is 15.1 Å². The molecule has 0 saturated carbocycles. The molecule has 0 aliphatic heterocycles. The Balaban J connectivity index is 0.000000437. The largest absolute Gasteiger partial charge is 0.464 e. The van der Waals surface area contributed by atoms with Crippen molar-refractivity contribution in [1.82, 2.24) is 41.2 Å². The SMILES string of the molecule is CNC(=C[N+](=O)[O-])NCCSCc1ccc(CN(C)C)o1.NC(N)=Nc1nc(CSCCC(N)=NS(N)(=O)=O)cs1.[C-]#[N+]NC(=NC)NCCSCc1nc[nH]c1C. The molecule has 58 heavy (non-hydrogen) atoms. The first kappa shape index (κ1) is 51.3. The van der Waals surface area contributed by atoms with Crippen LogP contribution in [-0.2, 0) is 34.0 Å². The van der Waals surface area contributed by atoms with Gasteiger partial charge in [-0.1, -0.05) is 5.43 Å². The number of guanidine groups is 2. The normalized spacial score (nSPS) is 11.7. The number of thiazole rings is 1. The molecule has 0 saturated heterocycles. The standard InChI is InChI=1S/C13H22N4O3S.C10H16N6S.C8H15N7O2S3/c1-14-13(9-17(18)19)15-6-7-21-10-12-5-4-11(20-12)8-16(2)3;1-8-9(15-7-14-8)6-17-5-4-13-10(11-2)16-12-3;9-6(15-20(12,16)17)1-2-18-3-5-4-19-8(13-5)14-7(10)11/h4-5,9,14-15H,6-8,10H2,1-3H3;7H,4-6H2,1-2H3,(H,14,15)(H2,11,13,16);4H,1-3H2,(H2,9,15)(H2,12,16,17)(H4,10,11,13,14). The molecule has 3 aromatic heterocycles. The number of furan rings is 1. The number of aromatic nitrogens is 3. The summed E-state index contributed by atoms with van der Waals surface area (Å²) >= 11 is 6.37. The van der Waals surface area contributed by atoms with Crippen molar-refractivity contribution in [2.24, 2.45) is 36.7 Å². The van der Waals surface area contributed by atoms with Gasteiger partial charge >= 0.3 is 10.2 Å². The van der Waals surface area contributed by atoms with Crippen LogP contribution in [-0.4, -0.2) is 109 Å². The first-order valence-corrected chi connectivity index (χ1v) is 22.8. The Morgan fingerprint density at radius 3 is 2.38 bits per heavy atom. The number of hydrogen-bond acceptors (Lipinski definition) is 16. The van der Waals surface area contributed by atoms with Crippen molar-refractivity contribution < 1.29 is 17.8 Å². The minimum absolute atomic E-state index is 0.0144. The number of nitrogens with two attached hydrogens (primary N) is 4. The maximum atomic E-state index is 10.6. The van der Waals surface area contributed by atoms with Gasteiger partial charge in [0.1, 0.15) is 17.4 Å². The molecule has 0 radical (unpaired) electrons. The van der Waals surface area contributed by atoms with Gasteiger partial charge in [-0.05, 0) is 33.2 Å². The second kappa shape index (κ2) is 29.5. The smallest absolute Gasteiger partial charge is 0.318 e. The van der Waals surface area contributed by atoms with E-state index in [0.717, 1.165) is 70.9 Å². The third-order valence-electron chi connectivity index (χ3n) is 6.36. The van der Waals surface area contributed by atoms with Crippen molar-refractivity contribution in [3.63, 3.8) is 0 Å². The lowest BCUT2D eigenvalue weighted by Crippen LogP contribution is -2.34. The first-order chi connectivity index (χ1) is 27.5. The molecule has 0 aromatic carbocycles. The summed E-state index contributed by atoms with van der Waals surface area (Å²) in [5.41, 5.74) is 21.4. The Morgan fingerprint density at radius 1 is 1.12 bits per heavy atom. The van der Waals surface area contributed by atoms with Gasteiger partial charge in [0.15, 0.2) is 11.8 Å². The Morgan fingerprint density at radius 2 is 1.79 bits per heavy atom. The molecule has 3 rings (SSSR count). The van der Waals surface area contributed by atoms with Gasteiger partial charge in [0, 0.05) is 73.4 Å². The summed E-state index contributed by atoms with van der Waals surface area (Å²) in [6.45, 7) is 10.9. The number of nitrogens with zero attached hydrogens (tertiary/aromatic N) is 8. The third kappa shape index (κ3) is 26.2. The number of nitro groups is 1. The number of aromatic amines is 1. The molecule has 0 aliphatic carbocycles. The molecule has 0 bridgehead atoms. The van der Waals surface area contributed by atoms with Crippen molar-refractivity contribution in [1.29, 1.82) is 0 Å². The van der Waals surface area contributed by atoms with Crippen LogP contribution in [0.2, 0.25) is 0 Å². The highest BCUT2D eigenvalue weighted by atomic mass is 32.2. The van der Waals surface area contributed by atoms with Gasteiger partial charge in [0.2, 0.25) is 5.13 Å². The average Bonchev–Trinajstić information content (AvgIpc) is 3.89. The van der Waals surface area contributed by atoms with Gasteiger partial charge in [-0.15, -0.1) is 15.7 Å². The summed E-state index contributed by atoms with van der Waals surface area (Å²) < 4.78 is 30.2. The molecule has 3 heterocycles.